The average Bonchev–Trinajstić information content (AvgIpc) is 3.34. The summed E-state index contributed by atoms with van der Waals surface area (Å²) >= 11 is 1.71. The van der Waals surface area contributed by atoms with Gasteiger partial charge in [0.05, 0.1) is 28.0 Å². The summed E-state index contributed by atoms with van der Waals surface area (Å²) < 4.78 is 6.60. The van der Waals surface area contributed by atoms with Gasteiger partial charge < -0.3 is 14.6 Å². The summed E-state index contributed by atoms with van der Waals surface area (Å²) in [6, 6.07) is 10.2. The lowest BCUT2D eigenvalue weighted by molar-refractivity contribution is 0.398. The highest BCUT2D eigenvalue weighted by Gasteiger charge is 2.10. The molecule has 1 N–H and O–H groups in total. The summed E-state index contributed by atoms with van der Waals surface area (Å²) in [4.78, 5) is 20.7. The molecule has 156 valence electrons. The second-order valence-electron chi connectivity index (χ2n) is 7.54. The van der Waals surface area contributed by atoms with Crippen LogP contribution < -0.4 is 5.32 Å². The van der Waals surface area contributed by atoms with Crippen LogP contribution in [-0.2, 0) is 19.4 Å². The molecule has 3 heterocycles. The molecule has 0 saturated heterocycles. The van der Waals surface area contributed by atoms with Crippen LogP contribution in [0.3, 0.4) is 0 Å². The number of hydrogen-bond donors (Lipinski definition) is 1. The van der Waals surface area contributed by atoms with E-state index < -0.39 is 0 Å². The average molecular weight is 423 g/mol. The van der Waals surface area contributed by atoms with Crippen molar-refractivity contribution in [3.63, 3.8) is 0 Å². The van der Waals surface area contributed by atoms with Crippen LogP contribution in [0.25, 0.3) is 10.2 Å². The smallest absolute Gasteiger partial charge is 0.226 e. The van der Waals surface area contributed by atoms with Crippen molar-refractivity contribution in [1.29, 1.82) is 0 Å². The van der Waals surface area contributed by atoms with Crippen LogP contribution in [0.15, 0.2) is 41.0 Å². The normalized spacial score (nSPS) is 11.5. The molecule has 4 rings (SSSR count). The maximum atomic E-state index is 5.40. The predicted octanol–water partition coefficient (Wildman–Crippen LogP) is 4.08. The van der Waals surface area contributed by atoms with Gasteiger partial charge in [-0.1, -0.05) is 6.07 Å². The SMILES string of the molecule is Cc1nc2ccc(Cc3nc(CCCN(C)C)nc(NCc4ccco4)n3)cc2s1. The third-order valence-corrected chi connectivity index (χ3v) is 5.59. The number of rotatable bonds is 9. The standard InChI is InChI=1S/C22H26N6OS/c1-15-24-18-9-8-16(12-19(18)30-15)13-21-25-20(7-4-10-28(2)3)26-22(27-21)23-14-17-6-5-11-29-17/h5-6,8-9,11-12H,4,7,10,13-14H2,1-3H3,(H,23,25,26,27). The molecule has 0 unspecified atom stereocenters. The van der Waals surface area contributed by atoms with Crippen molar-refractivity contribution in [1.82, 2.24) is 24.8 Å². The monoisotopic (exact) mass is 422 g/mol. The first-order valence-electron chi connectivity index (χ1n) is 10.1. The van der Waals surface area contributed by atoms with Gasteiger partial charge in [-0.25, -0.2) is 9.97 Å². The Bertz CT molecular complexity index is 1110. The van der Waals surface area contributed by atoms with E-state index in [9.17, 15) is 0 Å². The van der Waals surface area contributed by atoms with Crippen LogP contribution in [0.1, 0.15) is 34.4 Å². The summed E-state index contributed by atoms with van der Waals surface area (Å²) in [5, 5.41) is 4.35. The van der Waals surface area contributed by atoms with Crippen LogP contribution in [0.4, 0.5) is 5.95 Å². The molecular weight excluding hydrogens is 396 g/mol. The number of aryl methyl sites for hydroxylation is 2. The minimum absolute atomic E-state index is 0.541. The molecule has 8 heteroatoms. The lowest BCUT2D eigenvalue weighted by atomic mass is 10.1. The van der Waals surface area contributed by atoms with E-state index in [0.717, 1.165) is 47.3 Å². The first kappa shape index (κ1) is 20.4. The van der Waals surface area contributed by atoms with Gasteiger partial charge in [0.1, 0.15) is 17.4 Å². The Morgan fingerprint density at radius 3 is 2.73 bits per heavy atom. The molecule has 1 aromatic carbocycles. The predicted molar refractivity (Wildman–Crippen MR) is 120 cm³/mol. The van der Waals surface area contributed by atoms with Crippen molar-refractivity contribution in [2.24, 2.45) is 0 Å². The number of anilines is 1. The zero-order valence-corrected chi connectivity index (χ0v) is 18.4. The molecule has 0 aliphatic rings. The minimum Gasteiger partial charge on any atom is -0.467 e. The molecule has 0 saturated carbocycles. The van der Waals surface area contributed by atoms with Crippen molar-refractivity contribution < 1.29 is 4.42 Å². The fourth-order valence-corrected chi connectivity index (χ4v) is 4.14. The van der Waals surface area contributed by atoms with E-state index in [-0.39, 0.29) is 0 Å². The van der Waals surface area contributed by atoms with E-state index in [1.807, 2.05) is 19.1 Å². The summed E-state index contributed by atoms with van der Waals surface area (Å²) in [6.45, 7) is 3.57. The Morgan fingerprint density at radius 2 is 1.93 bits per heavy atom. The zero-order chi connectivity index (χ0) is 20.9. The summed E-state index contributed by atoms with van der Waals surface area (Å²) in [5.74, 6) is 3.02. The number of aromatic nitrogens is 4. The fraction of sp³-hybridized carbons (Fsp3) is 0.364. The van der Waals surface area contributed by atoms with Gasteiger partial charge in [-0.2, -0.15) is 9.97 Å². The number of furan rings is 1. The highest BCUT2D eigenvalue weighted by Crippen LogP contribution is 2.23. The van der Waals surface area contributed by atoms with Gasteiger partial charge in [0, 0.05) is 12.8 Å². The third kappa shape index (κ3) is 5.40. The number of fused-ring (bicyclic) bond motifs is 1. The topological polar surface area (TPSA) is 80.0 Å². The molecule has 4 aromatic rings. The number of thiazole rings is 1. The second kappa shape index (κ2) is 9.32. The number of hydrogen-bond acceptors (Lipinski definition) is 8. The van der Waals surface area contributed by atoms with Gasteiger partial charge in [0.15, 0.2) is 0 Å². The van der Waals surface area contributed by atoms with Crippen LogP contribution in [0, 0.1) is 6.92 Å². The van der Waals surface area contributed by atoms with E-state index in [1.54, 1.807) is 17.6 Å². The second-order valence-corrected chi connectivity index (χ2v) is 8.78. The maximum absolute atomic E-state index is 5.40. The van der Waals surface area contributed by atoms with Gasteiger partial charge in [-0.3, -0.25) is 0 Å². The molecule has 30 heavy (non-hydrogen) atoms. The Balaban J connectivity index is 1.54. The maximum Gasteiger partial charge on any atom is 0.226 e. The Hall–Kier alpha value is -2.84. The van der Waals surface area contributed by atoms with Crippen LogP contribution in [0.5, 0.6) is 0 Å². The Kier molecular flexibility index (Phi) is 6.35. The molecule has 0 aliphatic heterocycles. The van der Waals surface area contributed by atoms with Gasteiger partial charge in [-0.15, -0.1) is 11.3 Å². The lowest BCUT2D eigenvalue weighted by Crippen LogP contribution is -2.15. The summed E-state index contributed by atoms with van der Waals surface area (Å²) in [7, 11) is 4.15. The van der Waals surface area contributed by atoms with Crippen molar-refractivity contribution >= 4 is 27.5 Å². The van der Waals surface area contributed by atoms with E-state index in [0.29, 0.717) is 18.9 Å². The highest BCUT2D eigenvalue weighted by atomic mass is 32.1. The molecule has 0 radical (unpaired) electrons. The number of nitrogens with zero attached hydrogens (tertiary/aromatic N) is 5. The van der Waals surface area contributed by atoms with E-state index >= 15 is 0 Å². The quantitative estimate of drug-likeness (QED) is 0.435. The van der Waals surface area contributed by atoms with Crippen LogP contribution in [-0.4, -0.2) is 45.5 Å². The van der Waals surface area contributed by atoms with Crippen LogP contribution in [0.2, 0.25) is 0 Å². The van der Waals surface area contributed by atoms with Crippen molar-refractivity contribution in [3.05, 3.63) is 64.6 Å². The fourth-order valence-electron chi connectivity index (χ4n) is 3.25. The Labute approximate surface area is 180 Å². The van der Waals surface area contributed by atoms with Gasteiger partial charge in [0.25, 0.3) is 0 Å². The molecular formula is C22H26N6OS. The number of benzene rings is 1. The van der Waals surface area contributed by atoms with Gasteiger partial charge in [0.2, 0.25) is 5.95 Å². The highest BCUT2D eigenvalue weighted by molar-refractivity contribution is 7.18. The van der Waals surface area contributed by atoms with Gasteiger partial charge >= 0.3 is 0 Å². The molecule has 3 aromatic heterocycles. The van der Waals surface area contributed by atoms with E-state index in [4.69, 9.17) is 9.40 Å². The molecule has 7 nitrogen and oxygen atoms in total. The zero-order valence-electron chi connectivity index (χ0n) is 17.6. The molecule has 0 atom stereocenters. The Morgan fingerprint density at radius 1 is 1.07 bits per heavy atom. The summed E-state index contributed by atoms with van der Waals surface area (Å²) in [6.07, 6.45) is 4.14. The largest absolute Gasteiger partial charge is 0.467 e. The molecule has 0 aliphatic carbocycles. The van der Waals surface area contributed by atoms with E-state index in [1.165, 1.54) is 10.3 Å². The van der Waals surface area contributed by atoms with E-state index in [2.05, 4.69) is 57.5 Å². The lowest BCUT2D eigenvalue weighted by Gasteiger charge is -2.11. The molecule has 0 bridgehead atoms. The molecule has 0 fully saturated rings. The third-order valence-electron chi connectivity index (χ3n) is 4.66. The van der Waals surface area contributed by atoms with Crippen LogP contribution >= 0.6 is 11.3 Å². The van der Waals surface area contributed by atoms with Crippen molar-refractivity contribution in [2.45, 2.75) is 32.7 Å². The van der Waals surface area contributed by atoms with Gasteiger partial charge in [-0.05, 0) is 63.8 Å². The first-order valence-corrected chi connectivity index (χ1v) is 10.9. The van der Waals surface area contributed by atoms with Crippen molar-refractivity contribution in [3.8, 4) is 0 Å². The molecule has 0 spiro atoms. The molecule has 0 amide bonds. The first-order chi connectivity index (χ1) is 14.5. The summed E-state index contributed by atoms with van der Waals surface area (Å²) in [5.41, 5.74) is 2.22. The van der Waals surface area contributed by atoms with Crippen molar-refractivity contribution in [2.75, 3.05) is 26.0 Å². The number of nitrogens with one attached hydrogen (secondary N) is 1. The minimum atomic E-state index is 0.541.